The van der Waals surface area contributed by atoms with E-state index in [9.17, 15) is 4.79 Å². The Morgan fingerprint density at radius 2 is 1.76 bits per heavy atom. The van der Waals surface area contributed by atoms with Crippen LogP contribution in [0.5, 0.6) is 0 Å². The van der Waals surface area contributed by atoms with E-state index in [0.717, 1.165) is 32.5 Å². The first kappa shape index (κ1) is 18.4. The molecule has 2 saturated heterocycles. The van der Waals surface area contributed by atoms with Crippen LogP contribution in [0.2, 0.25) is 0 Å². The molecule has 0 unspecified atom stereocenters. The Morgan fingerprint density at radius 1 is 1.08 bits per heavy atom. The Balaban J connectivity index is 1.64. The first-order valence-electron chi connectivity index (χ1n) is 9.69. The molecule has 25 heavy (non-hydrogen) atoms. The SMILES string of the molecule is CC(C)c1ccc(CN2CC[C@@H]3OCC(=O)N(C(C)C)[C@H]3CC2)cc1. The van der Waals surface area contributed by atoms with E-state index in [1.807, 2.05) is 0 Å². The lowest BCUT2D eigenvalue weighted by molar-refractivity contribution is -0.160. The summed E-state index contributed by atoms with van der Waals surface area (Å²) >= 11 is 0. The number of morpholine rings is 1. The molecule has 1 aromatic carbocycles. The normalized spacial score (nSPS) is 25.4. The predicted molar refractivity (Wildman–Crippen MR) is 101 cm³/mol. The molecule has 0 spiro atoms. The number of fused-ring (bicyclic) bond motifs is 1. The number of amides is 1. The number of nitrogens with zero attached hydrogens (tertiary/aromatic N) is 2. The molecule has 3 rings (SSSR count). The van der Waals surface area contributed by atoms with Crippen molar-refractivity contribution in [1.29, 1.82) is 0 Å². The second-order valence-corrected chi connectivity index (χ2v) is 8.06. The van der Waals surface area contributed by atoms with Gasteiger partial charge in [0.15, 0.2) is 0 Å². The van der Waals surface area contributed by atoms with Gasteiger partial charge in [-0.1, -0.05) is 38.1 Å². The smallest absolute Gasteiger partial charge is 0.249 e. The summed E-state index contributed by atoms with van der Waals surface area (Å²) < 4.78 is 5.88. The Labute approximate surface area is 152 Å². The van der Waals surface area contributed by atoms with Crippen LogP contribution in [-0.2, 0) is 16.1 Å². The van der Waals surface area contributed by atoms with Crippen LogP contribution in [-0.4, -0.2) is 53.6 Å². The monoisotopic (exact) mass is 344 g/mol. The second-order valence-electron chi connectivity index (χ2n) is 8.06. The van der Waals surface area contributed by atoms with Gasteiger partial charge >= 0.3 is 0 Å². The zero-order chi connectivity index (χ0) is 18.0. The summed E-state index contributed by atoms with van der Waals surface area (Å²) in [7, 11) is 0. The van der Waals surface area contributed by atoms with Crippen LogP contribution in [0.15, 0.2) is 24.3 Å². The lowest BCUT2D eigenvalue weighted by atomic mass is 10.0. The second kappa shape index (κ2) is 7.88. The zero-order valence-electron chi connectivity index (χ0n) is 16.1. The Morgan fingerprint density at radius 3 is 2.40 bits per heavy atom. The number of hydrogen-bond acceptors (Lipinski definition) is 3. The van der Waals surface area contributed by atoms with Crippen molar-refractivity contribution in [1.82, 2.24) is 9.80 Å². The number of carbonyl (C=O) groups excluding carboxylic acids is 1. The summed E-state index contributed by atoms with van der Waals surface area (Å²) in [6.45, 7) is 12.0. The van der Waals surface area contributed by atoms with Gasteiger partial charge in [0.1, 0.15) is 6.61 Å². The molecular formula is C21H32N2O2. The van der Waals surface area contributed by atoms with Gasteiger partial charge in [-0.2, -0.15) is 0 Å². The fourth-order valence-corrected chi connectivity index (χ4v) is 4.16. The van der Waals surface area contributed by atoms with E-state index in [4.69, 9.17) is 4.74 Å². The van der Waals surface area contributed by atoms with Gasteiger partial charge in [-0.15, -0.1) is 0 Å². The first-order chi connectivity index (χ1) is 12.0. The van der Waals surface area contributed by atoms with Crippen LogP contribution < -0.4 is 0 Å². The molecule has 1 amide bonds. The van der Waals surface area contributed by atoms with Crippen molar-refractivity contribution in [2.24, 2.45) is 0 Å². The van der Waals surface area contributed by atoms with Crippen molar-refractivity contribution in [3.8, 4) is 0 Å². The Kier molecular flexibility index (Phi) is 5.80. The van der Waals surface area contributed by atoms with E-state index >= 15 is 0 Å². The average Bonchev–Trinajstić information content (AvgIpc) is 2.77. The highest BCUT2D eigenvalue weighted by Gasteiger charge is 2.39. The van der Waals surface area contributed by atoms with Crippen molar-refractivity contribution in [2.45, 2.75) is 71.2 Å². The molecule has 2 fully saturated rings. The van der Waals surface area contributed by atoms with Crippen LogP contribution in [0.25, 0.3) is 0 Å². The van der Waals surface area contributed by atoms with Gasteiger partial charge in [0, 0.05) is 25.7 Å². The highest BCUT2D eigenvalue weighted by atomic mass is 16.5. The van der Waals surface area contributed by atoms with Gasteiger partial charge in [0.2, 0.25) is 5.91 Å². The molecule has 2 atom stereocenters. The van der Waals surface area contributed by atoms with Gasteiger partial charge in [0.25, 0.3) is 0 Å². The van der Waals surface area contributed by atoms with Gasteiger partial charge in [-0.25, -0.2) is 0 Å². The van der Waals surface area contributed by atoms with Crippen molar-refractivity contribution < 1.29 is 9.53 Å². The molecule has 0 radical (unpaired) electrons. The number of carbonyl (C=O) groups is 1. The van der Waals surface area contributed by atoms with E-state index in [1.54, 1.807) is 0 Å². The fraction of sp³-hybridized carbons (Fsp3) is 0.667. The number of ether oxygens (including phenoxy) is 1. The minimum absolute atomic E-state index is 0.147. The average molecular weight is 344 g/mol. The quantitative estimate of drug-likeness (QED) is 0.839. The lowest BCUT2D eigenvalue weighted by Gasteiger charge is -2.42. The van der Waals surface area contributed by atoms with E-state index in [2.05, 4.69) is 61.8 Å². The summed E-state index contributed by atoms with van der Waals surface area (Å²) in [6.07, 6.45) is 2.19. The predicted octanol–water partition coefficient (Wildman–Crippen LogP) is 3.41. The molecule has 0 saturated carbocycles. The molecule has 0 N–H and O–H groups in total. The summed E-state index contributed by atoms with van der Waals surface area (Å²) in [6, 6.07) is 9.50. The summed E-state index contributed by atoms with van der Waals surface area (Å²) in [4.78, 5) is 16.8. The molecule has 4 heteroatoms. The Bertz CT molecular complexity index is 582. The van der Waals surface area contributed by atoms with Crippen molar-refractivity contribution in [3.05, 3.63) is 35.4 Å². The summed E-state index contributed by atoms with van der Waals surface area (Å²) in [5, 5.41) is 0. The largest absolute Gasteiger partial charge is 0.366 e. The van der Waals surface area contributed by atoms with E-state index in [1.165, 1.54) is 11.1 Å². The minimum atomic E-state index is 0.147. The van der Waals surface area contributed by atoms with Gasteiger partial charge < -0.3 is 9.64 Å². The van der Waals surface area contributed by atoms with E-state index in [0.29, 0.717) is 5.92 Å². The number of likely N-dealkylation sites (tertiary alicyclic amines) is 1. The zero-order valence-corrected chi connectivity index (χ0v) is 16.1. The third-order valence-electron chi connectivity index (χ3n) is 5.58. The van der Waals surface area contributed by atoms with E-state index < -0.39 is 0 Å². The highest BCUT2D eigenvalue weighted by molar-refractivity contribution is 5.78. The number of benzene rings is 1. The molecule has 0 bridgehead atoms. The topological polar surface area (TPSA) is 32.8 Å². The van der Waals surface area contributed by atoms with Crippen LogP contribution in [0, 0.1) is 0 Å². The molecule has 2 heterocycles. The number of hydrogen-bond donors (Lipinski definition) is 0. The standard InChI is InChI=1S/C21H32N2O2/c1-15(2)18-7-5-17(6-8-18)13-22-11-9-19-20(10-12-22)25-14-21(24)23(19)16(3)4/h5-8,15-16,19-20H,9-14H2,1-4H3/t19-,20-/m0/s1. The lowest BCUT2D eigenvalue weighted by Crippen LogP contribution is -2.56. The third-order valence-corrected chi connectivity index (χ3v) is 5.58. The third kappa shape index (κ3) is 4.24. The highest BCUT2D eigenvalue weighted by Crippen LogP contribution is 2.27. The maximum atomic E-state index is 12.2. The Hall–Kier alpha value is -1.39. The molecule has 1 aromatic rings. The van der Waals surface area contributed by atoms with Gasteiger partial charge in [-0.05, 0) is 43.7 Å². The molecule has 0 aromatic heterocycles. The molecule has 4 nitrogen and oxygen atoms in total. The maximum Gasteiger partial charge on any atom is 0.249 e. The van der Waals surface area contributed by atoms with Gasteiger partial charge in [0.05, 0.1) is 12.1 Å². The van der Waals surface area contributed by atoms with Crippen molar-refractivity contribution in [3.63, 3.8) is 0 Å². The van der Waals surface area contributed by atoms with Crippen molar-refractivity contribution in [2.75, 3.05) is 19.7 Å². The van der Waals surface area contributed by atoms with E-state index in [-0.39, 0.29) is 30.7 Å². The van der Waals surface area contributed by atoms with Gasteiger partial charge in [-0.3, -0.25) is 9.69 Å². The molecule has 2 aliphatic rings. The van der Waals surface area contributed by atoms with Crippen LogP contribution >= 0.6 is 0 Å². The maximum absolute atomic E-state index is 12.2. The molecule has 2 aliphatic heterocycles. The minimum Gasteiger partial charge on any atom is -0.366 e. The molecule has 0 aliphatic carbocycles. The molecule has 138 valence electrons. The van der Waals surface area contributed by atoms with Crippen LogP contribution in [0.4, 0.5) is 0 Å². The van der Waals surface area contributed by atoms with Crippen LogP contribution in [0.1, 0.15) is 57.6 Å². The van der Waals surface area contributed by atoms with Crippen molar-refractivity contribution >= 4 is 5.91 Å². The number of rotatable bonds is 4. The summed E-state index contributed by atoms with van der Waals surface area (Å²) in [5.41, 5.74) is 2.76. The molecular weight excluding hydrogens is 312 g/mol. The summed E-state index contributed by atoms with van der Waals surface area (Å²) in [5.74, 6) is 0.723. The first-order valence-corrected chi connectivity index (χ1v) is 9.69. The van der Waals surface area contributed by atoms with Crippen LogP contribution in [0.3, 0.4) is 0 Å². The fourth-order valence-electron chi connectivity index (χ4n) is 4.16.